The number of nitrogens with one attached hydrogen (secondary N) is 1. The average molecular weight is 363 g/mol. The maximum atomic E-state index is 13.0. The highest BCUT2D eigenvalue weighted by atomic mass is 32.2. The fourth-order valence-corrected chi connectivity index (χ4v) is 4.88. The number of carbonyl (C=O) groups excluding carboxylic acids is 1. The molecule has 8 heteroatoms. The molecule has 1 N–H and O–H groups in total. The van der Waals surface area contributed by atoms with Gasteiger partial charge in [-0.2, -0.15) is 5.10 Å². The zero-order valence-electron chi connectivity index (χ0n) is 13.5. The van der Waals surface area contributed by atoms with Crippen LogP contribution in [-0.4, -0.2) is 35.6 Å². The van der Waals surface area contributed by atoms with Crippen LogP contribution in [0.3, 0.4) is 0 Å². The van der Waals surface area contributed by atoms with Gasteiger partial charge in [0.25, 0.3) is 5.91 Å². The Bertz CT molecular complexity index is 917. The normalized spacial score (nSPS) is 22.0. The van der Waals surface area contributed by atoms with Crippen molar-refractivity contribution in [2.45, 2.75) is 31.2 Å². The number of hydrogen-bond acceptors (Lipinski definition) is 4. The van der Waals surface area contributed by atoms with Crippen LogP contribution in [-0.2, 0) is 9.84 Å². The molecule has 0 bridgehead atoms. The highest BCUT2D eigenvalue weighted by Gasteiger charge is 2.36. The average Bonchev–Trinajstić information content (AvgIpc) is 3.21. The predicted molar refractivity (Wildman–Crippen MR) is 90.9 cm³/mol. The van der Waals surface area contributed by atoms with E-state index >= 15 is 0 Å². The minimum atomic E-state index is -3.03. The van der Waals surface area contributed by atoms with Gasteiger partial charge in [-0.25, -0.2) is 12.8 Å². The summed E-state index contributed by atoms with van der Waals surface area (Å²) >= 11 is 0. The van der Waals surface area contributed by atoms with Crippen molar-refractivity contribution < 1.29 is 17.6 Å². The lowest BCUT2D eigenvalue weighted by atomic mass is 10.2. The van der Waals surface area contributed by atoms with Gasteiger partial charge in [-0.05, 0) is 49.6 Å². The van der Waals surface area contributed by atoms with Gasteiger partial charge in [-0.1, -0.05) is 0 Å². The lowest BCUT2D eigenvalue weighted by Gasteiger charge is -2.12. The summed E-state index contributed by atoms with van der Waals surface area (Å²) in [5.74, 6) is -0.163. The van der Waals surface area contributed by atoms with Crippen LogP contribution in [0, 0.1) is 5.82 Å². The Kier molecular flexibility index (Phi) is 3.87. The molecule has 6 nitrogen and oxygen atoms in total. The van der Waals surface area contributed by atoms with Gasteiger partial charge in [0, 0.05) is 17.3 Å². The zero-order chi connectivity index (χ0) is 17.6. The molecule has 2 aromatic rings. The van der Waals surface area contributed by atoms with E-state index in [1.165, 1.54) is 24.3 Å². The van der Waals surface area contributed by atoms with Crippen LogP contribution in [0.2, 0.25) is 0 Å². The van der Waals surface area contributed by atoms with Crippen molar-refractivity contribution in [2.75, 3.05) is 16.8 Å². The fraction of sp³-hybridized carbons (Fsp3) is 0.412. The summed E-state index contributed by atoms with van der Waals surface area (Å²) in [7, 11) is -3.03. The Morgan fingerprint density at radius 2 is 1.92 bits per heavy atom. The van der Waals surface area contributed by atoms with Crippen LogP contribution in [0.25, 0.3) is 0 Å². The predicted octanol–water partition coefficient (Wildman–Crippen LogP) is 2.51. The van der Waals surface area contributed by atoms with E-state index in [1.807, 2.05) is 0 Å². The number of halogens is 1. The lowest BCUT2D eigenvalue weighted by molar-refractivity contribution is 0.102. The number of hydrogen-bond donors (Lipinski definition) is 1. The molecule has 1 saturated heterocycles. The summed E-state index contributed by atoms with van der Waals surface area (Å²) < 4.78 is 38.2. The molecule has 1 aliphatic heterocycles. The van der Waals surface area contributed by atoms with Gasteiger partial charge in [0.15, 0.2) is 15.5 Å². The Morgan fingerprint density at radius 3 is 2.52 bits per heavy atom. The first-order valence-corrected chi connectivity index (χ1v) is 10.1. The molecule has 132 valence electrons. The molecule has 2 heterocycles. The molecule has 2 fully saturated rings. The minimum Gasteiger partial charge on any atom is -0.321 e. The highest BCUT2D eigenvalue weighted by Crippen LogP contribution is 2.42. The van der Waals surface area contributed by atoms with Crippen LogP contribution in [0.4, 0.5) is 10.1 Å². The van der Waals surface area contributed by atoms with Gasteiger partial charge >= 0.3 is 0 Å². The van der Waals surface area contributed by atoms with Gasteiger partial charge in [0.1, 0.15) is 5.82 Å². The monoisotopic (exact) mass is 363 g/mol. The van der Waals surface area contributed by atoms with Crippen molar-refractivity contribution in [3.63, 3.8) is 0 Å². The van der Waals surface area contributed by atoms with E-state index in [-0.39, 0.29) is 35.0 Å². The largest absolute Gasteiger partial charge is 0.321 e. The number of carbonyl (C=O) groups is 1. The van der Waals surface area contributed by atoms with Crippen molar-refractivity contribution >= 4 is 21.4 Å². The quantitative estimate of drug-likeness (QED) is 0.905. The molecular weight excluding hydrogens is 345 g/mol. The third kappa shape index (κ3) is 3.44. The van der Waals surface area contributed by atoms with E-state index in [4.69, 9.17) is 0 Å². The van der Waals surface area contributed by atoms with Crippen molar-refractivity contribution in [3.05, 3.63) is 47.5 Å². The molecule has 1 amide bonds. The van der Waals surface area contributed by atoms with Crippen molar-refractivity contribution in [1.82, 2.24) is 9.78 Å². The third-order valence-corrected chi connectivity index (χ3v) is 6.40. The first kappa shape index (κ1) is 16.3. The fourth-order valence-electron chi connectivity index (χ4n) is 3.19. The smallest absolute Gasteiger partial charge is 0.276 e. The third-order valence-electron chi connectivity index (χ3n) is 4.65. The Morgan fingerprint density at radius 1 is 1.20 bits per heavy atom. The molecule has 1 saturated carbocycles. The van der Waals surface area contributed by atoms with Crippen molar-refractivity contribution in [3.8, 4) is 0 Å². The van der Waals surface area contributed by atoms with E-state index in [0.717, 1.165) is 18.5 Å². The molecule has 4 rings (SSSR count). The lowest BCUT2D eigenvalue weighted by Crippen LogP contribution is -2.17. The Labute approximate surface area is 145 Å². The van der Waals surface area contributed by atoms with Gasteiger partial charge in [-0.3, -0.25) is 9.48 Å². The van der Waals surface area contributed by atoms with E-state index in [0.29, 0.717) is 18.0 Å². The highest BCUT2D eigenvalue weighted by molar-refractivity contribution is 7.91. The Hall–Kier alpha value is -2.22. The zero-order valence-corrected chi connectivity index (χ0v) is 14.3. The van der Waals surface area contributed by atoms with Gasteiger partial charge < -0.3 is 5.32 Å². The molecule has 25 heavy (non-hydrogen) atoms. The van der Waals surface area contributed by atoms with Crippen molar-refractivity contribution in [1.29, 1.82) is 0 Å². The maximum Gasteiger partial charge on any atom is 0.276 e. The van der Waals surface area contributed by atoms with E-state index < -0.39 is 9.84 Å². The van der Waals surface area contributed by atoms with Gasteiger partial charge in [-0.15, -0.1) is 0 Å². The molecule has 0 unspecified atom stereocenters. The number of aromatic nitrogens is 2. The van der Waals surface area contributed by atoms with Crippen LogP contribution in [0.5, 0.6) is 0 Å². The minimum absolute atomic E-state index is 0.0768. The summed E-state index contributed by atoms with van der Waals surface area (Å²) in [5, 5.41) is 7.09. The molecule has 1 aliphatic carbocycles. The number of nitrogens with zero attached hydrogens (tertiary/aromatic N) is 2. The number of anilines is 1. The summed E-state index contributed by atoms with van der Waals surface area (Å²) in [5.41, 5.74) is 1.68. The van der Waals surface area contributed by atoms with Gasteiger partial charge in [0.2, 0.25) is 0 Å². The molecule has 2 aliphatic rings. The molecule has 0 spiro atoms. The van der Waals surface area contributed by atoms with E-state index in [1.54, 1.807) is 10.7 Å². The second-order valence-electron chi connectivity index (χ2n) is 6.69. The first-order chi connectivity index (χ1) is 11.9. The standard InChI is InChI=1S/C17H18FN3O3S/c18-12-3-5-13(6-4-12)19-17(22)15-9-16(11-1-2-11)21(20-15)14-7-8-25(23,24)10-14/h3-6,9,11,14H,1-2,7-8,10H2,(H,19,22)/t14-/m1/s1. The van der Waals surface area contributed by atoms with Gasteiger partial charge in [0.05, 0.1) is 17.5 Å². The molecule has 1 aromatic heterocycles. The Balaban J connectivity index is 1.59. The topological polar surface area (TPSA) is 81.1 Å². The van der Waals surface area contributed by atoms with E-state index in [9.17, 15) is 17.6 Å². The van der Waals surface area contributed by atoms with Crippen LogP contribution < -0.4 is 5.32 Å². The first-order valence-electron chi connectivity index (χ1n) is 8.28. The maximum absolute atomic E-state index is 13.0. The number of sulfone groups is 1. The number of amides is 1. The van der Waals surface area contributed by atoms with E-state index in [2.05, 4.69) is 10.4 Å². The van der Waals surface area contributed by atoms with Crippen LogP contribution in [0.15, 0.2) is 30.3 Å². The molecule has 1 atom stereocenters. The summed E-state index contributed by atoms with van der Waals surface area (Å²) in [6.07, 6.45) is 2.59. The number of benzene rings is 1. The number of rotatable bonds is 4. The van der Waals surface area contributed by atoms with Crippen molar-refractivity contribution in [2.24, 2.45) is 0 Å². The summed E-state index contributed by atoms with van der Waals surface area (Å²) in [6, 6.07) is 7.06. The molecular formula is C17H18FN3O3S. The molecule has 0 radical (unpaired) electrons. The summed E-state index contributed by atoms with van der Waals surface area (Å²) in [4.78, 5) is 12.5. The SMILES string of the molecule is O=C(Nc1ccc(F)cc1)c1cc(C2CC2)n([C@@H]2CCS(=O)(=O)C2)n1. The second-order valence-corrected chi connectivity index (χ2v) is 8.92. The van der Waals surface area contributed by atoms with Crippen LogP contribution >= 0.6 is 0 Å². The summed E-state index contributed by atoms with van der Waals surface area (Å²) in [6.45, 7) is 0. The second kappa shape index (κ2) is 5.94. The molecule has 1 aromatic carbocycles. The van der Waals surface area contributed by atoms with Crippen LogP contribution in [0.1, 0.15) is 47.4 Å².